The lowest BCUT2D eigenvalue weighted by atomic mass is 9.96. The molecule has 0 bridgehead atoms. The molecule has 20 heavy (non-hydrogen) atoms. The Bertz CT molecular complexity index is 471. The van der Waals surface area contributed by atoms with Gasteiger partial charge >= 0.3 is 0 Å². The predicted octanol–water partition coefficient (Wildman–Crippen LogP) is 2.82. The fourth-order valence-corrected chi connectivity index (χ4v) is 3.06. The zero-order chi connectivity index (χ0) is 14.4. The third kappa shape index (κ3) is 3.61. The summed E-state index contributed by atoms with van der Waals surface area (Å²) in [6.07, 6.45) is 10.0. The molecule has 110 valence electrons. The van der Waals surface area contributed by atoms with Crippen molar-refractivity contribution in [2.75, 3.05) is 6.54 Å². The fraction of sp³-hybridized carbons (Fsp3) is 0.750. The number of fused-ring (bicyclic) bond motifs is 1. The molecule has 1 N–H and O–H groups in total. The molecule has 1 heterocycles. The van der Waals surface area contributed by atoms with E-state index in [2.05, 4.69) is 20.9 Å². The van der Waals surface area contributed by atoms with Gasteiger partial charge in [0.1, 0.15) is 5.54 Å². The molecule has 0 spiro atoms. The maximum absolute atomic E-state index is 9.23. The highest BCUT2D eigenvalue weighted by molar-refractivity contribution is 5.16. The zero-order valence-corrected chi connectivity index (χ0v) is 12.8. The van der Waals surface area contributed by atoms with E-state index in [1.54, 1.807) is 0 Å². The van der Waals surface area contributed by atoms with Gasteiger partial charge in [-0.2, -0.15) is 5.26 Å². The molecule has 0 saturated carbocycles. The second kappa shape index (κ2) is 6.90. The van der Waals surface area contributed by atoms with E-state index < -0.39 is 0 Å². The number of nitriles is 1. The van der Waals surface area contributed by atoms with Gasteiger partial charge < -0.3 is 4.57 Å². The standard InChI is InChI=1S/C16H26N4/c1-3-19-16(2,12-17)10-6-7-11-20-13-18-14-8-4-5-9-15(14)20/h13,19H,3-11H2,1-2H3. The topological polar surface area (TPSA) is 53.6 Å². The van der Waals surface area contributed by atoms with Crippen LogP contribution in [0.4, 0.5) is 0 Å². The molecule has 0 aromatic carbocycles. The van der Waals surface area contributed by atoms with Gasteiger partial charge in [0.25, 0.3) is 0 Å². The predicted molar refractivity (Wildman–Crippen MR) is 80.4 cm³/mol. The molecule has 0 aliphatic heterocycles. The average molecular weight is 274 g/mol. The van der Waals surface area contributed by atoms with Gasteiger partial charge in [0.05, 0.1) is 18.1 Å². The van der Waals surface area contributed by atoms with E-state index in [0.29, 0.717) is 0 Å². The molecule has 1 aromatic heterocycles. The monoisotopic (exact) mass is 274 g/mol. The number of unbranched alkanes of at least 4 members (excludes halogenated alkanes) is 1. The number of nitrogens with one attached hydrogen (secondary N) is 1. The summed E-state index contributed by atoms with van der Waals surface area (Å²) in [5.74, 6) is 0. The number of nitrogens with zero attached hydrogens (tertiary/aromatic N) is 3. The lowest BCUT2D eigenvalue weighted by molar-refractivity contribution is 0.403. The van der Waals surface area contributed by atoms with Crippen molar-refractivity contribution in [3.05, 3.63) is 17.7 Å². The molecule has 1 unspecified atom stereocenters. The quantitative estimate of drug-likeness (QED) is 0.778. The van der Waals surface area contributed by atoms with Crippen LogP contribution in [0.3, 0.4) is 0 Å². The van der Waals surface area contributed by atoms with Crippen LogP contribution in [0, 0.1) is 11.3 Å². The van der Waals surface area contributed by atoms with Crippen LogP contribution in [0.15, 0.2) is 6.33 Å². The molecule has 1 aliphatic rings. The molecular formula is C16H26N4. The Morgan fingerprint density at radius 2 is 2.20 bits per heavy atom. The molecule has 1 atom stereocenters. The molecular weight excluding hydrogens is 248 g/mol. The van der Waals surface area contributed by atoms with Crippen LogP contribution in [0.5, 0.6) is 0 Å². The van der Waals surface area contributed by atoms with Crippen molar-refractivity contribution in [3.8, 4) is 6.07 Å². The zero-order valence-electron chi connectivity index (χ0n) is 12.8. The molecule has 0 fully saturated rings. The van der Waals surface area contributed by atoms with Crippen molar-refractivity contribution in [2.45, 2.75) is 70.9 Å². The van der Waals surface area contributed by atoms with Gasteiger partial charge in [-0.1, -0.05) is 6.92 Å². The summed E-state index contributed by atoms with van der Waals surface area (Å²) in [6.45, 7) is 5.93. The second-order valence-corrected chi connectivity index (χ2v) is 5.97. The highest BCUT2D eigenvalue weighted by Crippen LogP contribution is 2.21. The highest BCUT2D eigenvalue weighted by Gasteiger charge is 2.21. The third-order valence-corrected chi connectivity index (χ3v) is 4.25. The summed E-state index contributed by atoms with van der Waals surface area (Å²) in [7, 11) is 0. The molecule has 4 nitrogen and oxygen atoms in total. The minimum absolute atomic E-state index is 0.372. The normalized spacial score (nSPS) is 17.2. The first-order valence-corrected chi connectivity index (χ1v) is 7.87. The van der Waals surface area contributed by atoms with E-state index in [-0.39, 0.29) is 5.54 Å². The Balaban J connectivity index is 1.79. The summed E-state index contributed by atoms with van der Waals surface area (Å²) < 4.78 is 2.32. The largest absolute Gasteiger partial charge is 0.334 e. The van der Waals surface area contributed by atoms with Crippen LogP contribution >= 0.6 is 0 Å². The molecule has 0 amide bonds. The van der Waals surface area contributed by atoms with Crippen LogP contribution in [-0.4, -0.2) is 21.6 Å². The Morgan fingerprint density at radius 3 is 2.95 bits per heavy atom. The van der Waals surface area contributed by atoms with E-state index >= 15 is 0 Å². The van der Waals surface area contributed by atoms with E-state index in [4.69, 9.17) is 0 Å². The number of hydrogen-bond acceptors (Lipinski definition) is 3. The summed E-state index contributed by atoms with van der Waals surface area (Å²) in [5, 5.41) is 12.5. The number of rotatable bonds is 7. The Hall–Kier alpha value is -1.34. The Kier molecular flexibility index (Phi) is 5.19. The maximum atomic E-state index is 9.23. The van der Waals surface area contributed by atoms with Crippen LogP contribution < -0.4 is 5.32 Å². The first-order chi connectivity index (χ1) is 9.68. The lowest BCUT2D eigenvalue weighted by Crippen LogP contribution is -2.40. The third-order valence-electron chi connectivity index (χ3n) is 4.25. The molecule has 4 heteroatoms. The maximum Gasteiger partial charge on any atom is 0.103 e. The van der Waals surface area contributed by atoms with Crippen LogP contribution in [0.2, 0.25) is 0 Å². The first kappa shape index (κ1) is 15.1. The van der Waals surface area contributed by atoms with Crippen molar-refractivity contribution >= 4 is 0 Å². The van der Waals surface area contributed by atoms with Crippen LogP contribution in [0.25, 0.3) is 0 Å². The average Bonchev–Trinajstić information content (AvgIpc) is 2.87. The van der Waals surface area contributed by atoms with Gasteiger partial charge in [-0.3, -0.25) is 5.32 Å². The molecule has 0 radical (unpaired) electrons. The van der Waals surface area contributed by atoms with Gasteiger partial charge in [-0.05, 0) is 58.4 Å². The van der Waals surface area contributed by atoms with E-state index in [1.807, 2.05) is 20.2 Å². The van der Waals surface area contributed by atoms with Gasteiger partial charge in [0, 0.05) is 12.2 Å². The number of aryl methyl sites for hydroxylation is 2. The van der Waals surface area contributed by atoms with E-state index in [0.717, 1.165) is 38.8 Å². The van der Waals surface area contributed by atoms with Crippen molar-refractivity contribution in [3.63, 3.8) is 0 Å². The van der Waals surface area contributed by atoms with Crippen LogP contribution in [0.1, 0.15) is 57.3 Å². The van der Waals surface area contributed by atoms with Crippen molar-refractivity contribution in [1.82, 2.24) is 14.9 Å². The summed E-state index contributed by atoms with van der Waals surface area (Å²) in [5.41, 5.74) is 2.39. The molecule has 0 saturated heterocycles. The van der Waals surface area contributed by atoms with Crippen LogP contribution in [-0.2, 0) is 19.4 Å². The SMILES string of the molecule is CCNC(C)(C#N)CCCCn1cnc2c1CCCC2. The summed E-state index contributed by atoms with van der Waals surface area (Å²) >= 11 is 0. The van der Waals surface area contributed by atoms with Crippen molar-refractivity contribution < 1.29 is 0 Å². The van der Waals surface area contributed by atoms with Crippen molar-refractivity contribution in [1.29, 1.82) is 5.26 Å². The molecule has 2 rings (SSSR count). The Labute approximate surface area is 122 Å². The first-order valence-electron chi connectivity index (χ1n) is 7.87. The van der Waals surface area contributed by atoms with Gasteiger partial charge in [0.15, 0.2) is 0 Å². The highest BCUT2D eigenvalue weighted by atomic mass is 15.1. The minimum Gasteiger partial charge on any atom is -0.334 e. The fourth-order valence-electron chi connectivity index (χ4n) is 3.06. The second-order valence-electron chi connectivity index (χ2n) is 5.97. The number of imidazole rings is 1. The van der Waals surface area contributed by atoms with Gasteiger partial charge in [-0.25, -0.2) is 4.98 Å². The van der Waals surface area contributed by atoms with Gasteiger partial charge in [-0.15, -0.1) is 0 Å². The summed E-state index contributed by atoms with van der Waals surface area (Å²) in [6, 6.07) is 2.39. The van der Waals surface area contributed by atoms with E-state index in [9.17, 15) is 5.26 Å². The molecule has 1 aromatic rings. The number of hydrogen-bond donors (Lipinski definition) is 1. The molecule has 1 aliphatic carbocycles. The smallest absolute Gasteiger partial charge is 0.103 e. The lowest BCUT2D eigenvalue weighted by Gasteiger charge is -2.22. The Morgan fingerprint density at radius 1 is 1.40 bits per heavy atom. The van der Waals surface area contributed by atoms with Gasteiger partial charge in [0.2, 0.25) is 0 Å². The van der Waals surface area contributed by atoms with E-state index in [1.165, 1.54) is 30.7 Å². The number of aromatic nitrogens is 2. The summed E-state index contributed by atoms with van der Waals surface area (Å²) in [4.78, 5) is 4.53. The van der Waals surface area contributed by atoms with Crippen molar-refractivity contribution in [2.24, 2.45) is 0 Å². The minimum atomic E-state index is -0.372.